The molecule has 3 aromatic heterocycles. The molecule has 2 saturated heterocycles. The summed E-state index contributed by atoms with van der Waals surface area (Å²) in [5.41, 5.74) is -1.29. The summed E-state index contributed by atoms with van der Waals surface area (Å²) in [4.78, 5) is 37.5. The first kappa shape index (κ1) is 31.1. The van der Waals surface area contributed by atoms with Gasteiger partial charge in [0.2, 0.25) is 0 Å². The highest BCUT2D eigenvalue weighted by Gasteiger charge is 2.39. The number of hydrogen-bond donors (Lipinski definition) is 4. The molecule has 2 fully saturated rings. The second-order valence-electron chi connectivity index (χ2n) is 10.9. The maximum absolute atomic E-state index is 13.8. The van der Waals surface area contributed by atoms with Crippen molar-refractivity contribution in [2.45, 2.75) is 18.3 Å². The lowest BCUT2D eigenvalue weighted by atomic mass is 9.98. The van der Waals surface area contributed by atoms with Crippen LogP contribution in [0.1, 0.15) is 16.1 Å². The molecular weight excluding hydrogens is 631 g/mol. The van der Waals surface area contributed by atoms with Crippen molar-refractivity contribution in [3.8, 4) is 17.3 Å². The van der Waals surface area contributed by atoms with Gasteiger partial charge < -0.3 is 30.9 Å². The molecular formula is C28H27ClF3N11O3. The minimum Gasteiger partial charge on any atom is -0.385 e. The van der Waals surface area contributed by atoms with E-state index in [1.54, 1.807) is 28.0 Å². The van der Waals surface area contributed by atoms with Crippen molar-refractivity contribution >= 4 is 40.7 Å². The van der Waals surface area contributed by atoms with E-state index >= 15 is 0 Å². The number of hydrogen-bond acceptors (Lipinski definition) is 9. The zero-order valence-corrected chi connectivity index (χ0v) is 24.8. The number of nitrogens with zero attached hydrogens (tertiary/aromatic N) is 8. The Morgan fingerprint density at radius 3 is 2.54 bits per heavy atom. The van der Waals surface area contributed by atoms with Gasteiger partial charge in [-0.25, -0.2) is 14.8 Å². The van der Waals surface area contributed by atoms with Crippen molar-refractivity contribution in [1.82, 2.24) is 44.6 Å². The zero-order chi connectivity index (χ0) is 32.6. The van der Waals surface area contributed by atoms with Gasteiger partial charge in [0.25, 0.3) is 5.91 Å². The van der Waals surface area contributed by atoms with Crippen LogP contribution in [0.3, 0.4) is 0 Å². The van der Waals surface area contributed by atoms with Crippen molar-refractivity contribution in [3.63, 3.8) is 0 Å². The number of halogens is 4. The molecule has 0 radical (unpaired) electrons. The Balaban J connectivity index is 1.14. The van der Waals surface area contributed by atoms with Crippen LogP contribution in [0.4, 0.5) is 29.5 Å². The quantitative estimate of drug-likeness (QED) is 0.233. The van der Waals surface area contributed by atoms with Crippen LogP contribution in [0.5, 0.6) is 0 Å². The highest BCUT2D eigenvalue weighted by atomic mass is 35.5. The van der Waals surface area contributed by atoms with E-state index in [-0.39, 0.29) is 58.3 Å². The van der Waals surface area contributed by atoms with Crippen molar-refractivity contribution in [2.24, 2.45) is 0 Å². The summed E-state index contributed by atoms with van der Waals surface area (Å²) >= 11 is 6.51. The first-order chi connectivity index (χ1) is 22.0. The van der Waals surface area contributed by atoms with Crippen LogP contribution in [-0.2, 0) is 12.7 Å². The molecule has 4 N–H and O–H groups in total. The van der Waals surface area contributed by atoms with Gasteiger partial charge in [0.1, 0.15) is 12.1 Å². The highest BCUT2D eigenvalue weighted by Crippen LogP contribution is 2.37. The number of alkyl halides is 3. The summed E-state index contributed by atoms with van der Waals surface area (Å²) in [5.74, 6) is -0.0843. The maximum atomic E-state index is 13.8. The van der Waals surface area contributed by atoms with Crippen molar-refractivity contribution in [1.29, 1.82) is 5.26 Å². The van der Waals surface area contributed by atoms with Crippen molar-refractivity contribution in [3.05, 3.63) is 59.3 Å². The molecule has 0 aliphatic carbocycles. The number of nitrogens with one attached hydrogen (secondary N) is 3. The van der Waals surface area contributed by atoms with Crippen LogP contribution < -0.4 is 16.0 Å². The number of urea groups is 1. The zero-order valence-electron chi connectivity index (χ0n) is 24.1. The summed E-state index contributed by atoms with van der Waals surface area (Å²) in [5, 5.41) is 31.5. The number of carbonyl (C=O) groups is 2. The lowest BCUT2D eigenvalue weighted by molar-refractivity contribution is -0.141. The second-order valence-corrected chi connectivity index (χ2v) is 11.4. The van der Waals surface area contributed by atoms with Crippen LogP contribution in [-0.4, -0.2) is 102 Å². The van der Waals surface area contributed by atoms with Gasteiger partial charge in [-0.3, -0.25) is 13.9 Å². The Kier molecular flexibility index (Phi) is 8.19. The highest BCUT2D eigenvalue weighted by molar-refractivity contribution is 6.34. The van der Waals surface area contributed by atoms with E-state index in [1.807, 2.05) is 0 Å². The van der Waals surface area contributed by atoms with Gasteiger partial charge in [0.15, 0.2) is 17.2 Å². The molecule has 2 aliphatic heterocycles. The van der Waals surface area contributed by atoms with E-state index in [4.69, 9.17) is 16.9 Å². The van der Waals surface area contributed by atoms with E-state index in [2.05, 4.69) is 31.0 Å². The van der Waals surface area contributed by atoms with Crippen LogP contribution >= 0.6 is 11.6 Å². The fraction of sp³-hybridized carbons (Fsp3) is 0.357. The number of piperazine rings is 1. The Labute approximate surface area is 264 Å². The van der Waals surface area contributed by atoms with Gasteiger partial charge in [-0.05, 0) is 18.2 Å². The number of fused-ring (bicyclic) bond motifs is 1. The SMILES string of the molecule is N#CCn1cc(-c2cnc3c(Nc4ccc(C(=O)N5CCN(C(=O)NCC6(O)CNC6)CC5)c(Cl)c4)nccn23)c(C(F)(F)F)n1. The molecule has 2 aliphatic rings. The van der Waals surface area contributed by atoms with Gasteiger partial charge in [0, 0.05) is 63.5 Å². The van der Waals surface area contributed by atoms with E-state index in [9.17, 15) is 27.9 Å². The average Bonchev–Trinajstić information content (AvgIpc) is 3.64. The molecule has 4 aromatic rings. The normalized spacial score (nSPS) is 16.2. The van der Waals surface area contributed by atoms with Crippen LogP contribution in [0.25, 0.3) is 16.9 Å². The summed E-state index contributed by atoms with van der Waals surface area (Å²) in [7, 11) is 0. The first-order valence-corrected chi connectivity index (χ1v) is 14.5. The fourth-order valence-corrected chi connectivity index (χ4v) is 5.52. The number of anilines is 2. The smallest absolute Gasteiger partial charge is 0.385 e. The summed E-state index contributed by atoms with van der Waals surface area (Å²) in [6.07, 6.45) is 0.492. The van der Waals surface area contributed by atoms with Crippen molar-refractivity contribution in [2.75, 3.05) is 51.1 Å². The summed E-state index contributed by atoms with van der Waals surface area (Å²) in [6, 6.07) is 6.17. The van der Waals surface area contributed by atoms with E-state index < -0.39 is 17.5 Å². The first-order valence-electron chi connectivity index (χ1n) is 14.1. The number of carbonyl (C=O) groups excluding carboxylic acids is 2. The molecule has 14 nitrogen and oxygen atoms in total. The van der Waals surface area contributed by atoms with Gasteiger partial charge in [-0.1, -0.05) is 11.6 Å². The van der Waals surface area contributed by atoms with Gasteiger partial charge in [0.05, 0.1) is 40.7 Å². The number of nitriles is 1. The minimum absolute atomic E-state index is 0.0986. The van der Waals surface area contributed by atoms with E-state index in [1.165, 1.54) is 29.1 Å². The Morgan fingerprint density at radius 2 is 1.89 bits per heavy atom. The molecule has 0 unspecified atom stereocenters. The predicted molar refractivity (Wildman–Crippen MR) is 158 cm³/mol. The molecule has 0 bridgehead atoms. The van der Waals surface area contributed by atoms with Gasteiger partial charge in [-0.15, -0.1) is 0 Å². The molecule has 0 atom stereocenters. The Morgan fingerprint density at radius 1 is 1.15 bits per heavy atom. The van der Waals surface area contributed by atoms with Gasteiger partial charge in [-0.2, -0.15) is 23.5 Å². The standard InChI is InChI=1S/C28H27ClF3N11O3/c29-20-11-17(1-2-18(20)25(44)40-7-9-41(10-8-40)26(45)37-16-27(46)14-34-15-27)38-23-24-36-12-21(43(24)6-4-35-23)19-13-42(5-3-33)39-22(19)28(30,31)32/h1-2,4,6,11-13,34,46H,5,7-10,14-16H2,(H,35,38)(H,37,45). The molecule has 1 aromatic carbocycles. The Hall–Kier alpha value is -4.92. The molecule has 240 valence electrons. The lowest BCUT2D eigenvalue weighted by Gasteiger charge is -2.39. The third-order valence-electron chi connectivity index (χ3n) is 7.76. The number of aromatic nitrogens is 5. The number of aliphatic hydroxyl groups is 1. The number of benzene rings is 1. The molecule has 0 saturated carbocycles. The van der Waals surface area contributed by atoms with Crippen molar-refractivity contribution < 1.29 is 27.9 Å². The largest absolute Gasteiger partial charge is 0.435 e. The third-order valence-corrected chi connectivity index (χ3v) is 8.07. The van der Waals surface area contributed by atoms with E-state index in [0.29, 0.717) is 45.0 Å². The molecule has 18 heteroatoms. The average molecular weight is 658 g/mol. The number of imidazole rings is 1. The third kappa shape index (κ3) is 6.14. The molecule has 5 heterocycles. The number of β-amino-alcohol motifs (C(OH)–C–C–N with tert-alkyl or cyclic N) is 1. The molecule has 46 heavy (non-hydrogen) atoms. The molecule has 0 spiro atoms. The maximum Gasteiger partial charge on any atom is 0.435 e. The number of rotatable bonds is 7. The predicted octanol–water partition coefficient (Wildman–Crippen LogP) is 2.33. The summed E-state index contributed by atoms with van der Waals surface area (Å²) < 4.78 is 43.6. The van der Waals surface area contributed by atoms with E-state index in [0.717, 1.165) is 10.9 Å². The minimum atomic E-state index is -4.76. The second kappa shape index (κ2) is 12.1. The van der Waals surface area contributed by atoms with Crippen LogP contribution in [0.2, 0.25) is 5.02 Å². The molecule has 3 amide bonds. The van der Waals surface area contributed by atoms with Crippen LogP contribution in [0, 0.1) is 11.3 Å². The Bertz CT molecular complexity index is 1840. The van der Waals surface area contributed by atoms with Gasteiger partial charge >= 0.3 is 12.2 Å². The molecule has 6 rings (SSSR count). The number of amides is 3. The topological polar surface area (TPSA) is 169 Å². The van der Waals surface area contributed by atoms with Crippen LogP contribution in [0.15, 0.2) is 43.0 Å². The fourth-order valence-electron chi connectivity index (χ4n) is 5.25. The monoisotopic (exact) mass is 657 g/mol. The lowest BCUT2D eigenvalue weighted by Crippen LogP contribution is -2.65. The summed E-state index contributed by atoms with van der Waals surface area (Å²) in [6.45, 7) is 1.87.